The molecule has 0 aromatic carbocycles. The normalized spacial score (nSPS) is 20.2. The average molecular weight is 276 g/mol. The molecule has 4 heteroatoms. The molecular weight excluding hydrogens is 252 g/mol. The van der Waals surface area contributed by atoms with Crippen LogP contribution in [0.2, 0.25) is 0 Å². The van der Waals surface area contributed by atoms with Gasteiger partial charge >= 0.3 is 5.97 Å². The average Bonchev–Trinajstić information content (AvgIpc) is 2.85. The van der Waals surface area contributed by atoms with Crippen LogP contribution in [0.1, 0.15) is 44.6 Å². The third kappa shape index (κ3) is 4.30. The van der Waals surface area contributed by atoms with E-state index in [-0.39, 0.29) is 11.8 Å². The highest BCUT2D eigenvalue weighted by molar-refractivity contribution is 5.67. The summed E-state index contributed by atoms with van der Waals surface area (Å²) in [5.74, 6) is -0.129. The van der Waals surface area contributed by atoms with Crippen molar-refractivity contribution in [3.8, 4) is 0 Å². The number of carboxylic acids is 1. The molecule has 0 bridgehead atoms. The van der Waals surface area contributed by atoms with E-state index in [1.54, 1.807) is 0 Å². The summed E-state index contributed by atoms with van der Waals surface area (Å²) >= 11 is 0. The maximum atomic E-state index is 10.8. The third-order valence-corrected chi connectivity index (χ3v) is 4.16. The van der Waals surface area contributed by atoms with Crippen LogP contribution in [0, 0.1) is 5.41 Å². The summed E-state index contributed by atoms with van der Waals surface area (Å²) < 4.78 is 0. The van der Waals surface area contributed by atoms with E-state index in [2.05, 4.69) is 16.0 Å². The number of aliphatic carboxylic acids is 1. The molecule has 2 heterocycles. The van der Waals surface area contributed by atoms with Crippen LogP contribution in [-0.4, -0.2) is 40.6 Å². The summed E-state index contributed by atoms with van der Waals surface area (Å²) in [6.45, 7) is 7.22. The van der Waals surface area contributed by atoms with Crippen molar-refractivity contribution in [1.29, 1.82) is 0 Å². The molecule has 4 nitrogen and oxygen atoms in total. The second-order valence-corrected chi connectivity index (χ2v) is 6.56. The van der Waals surface area contributed by atoms with Crippen molar-refractivity contribution < 1.29 is 9.90 Å². The molecule has 1 saturated heterocycles. The minimum Gasteiger partial charge on any atom is -0.481 e. The van der Waals surface area contributed by atoms with Crippen LogP contribution in [0.15, 0.2) is 24.5 Å². The highest BCUT2D eigenvalue weighted by Crippen LogP contribution is 2.30. The Morgan fingerprint density at radius 2 is 2.35 bits per heavy atom. The Morgan fingerprint density at radius 3 is 3.00 bits per heavy atom. The highest BCUT2D eigenvalue weighted by atomic mass is 16.4. The molecule has 1 unspecified atom stereocenters. The van der Waals surface area contributed by atoms with Gasteiger partial charge in [0.15, 0.2) is 0 Å². The summed E-state index contributed by atoms with van der Waals surface area (Å²) in [6, 6.07) is 4.14. The van der Waals surface area contributed by atoms with Crippen molar-refractivity contribution in [2.45, 2.75) is 39.0 Å². The van der Waals surface area contributed by atoms with E-state index in [4.69, 9.17) is 5.11 Å². The molecule has 1 fully saturated rings. The molecule has 2 rings (SSSR count). The van der Waals surface area contributed by atoms with E-state index >= 15 is 0 Å². The zero-order chi connectivity index (χ0) is 14.6. The van der Waals surface area contributed by atoms with Crippen LogP contribution < -0.4 is 0 Å². The first-order valence-electron chi connectivity index (χ1n) is 7.30. The largest absolute Gasteiger partial charge is 0.481 e. The standard InChI is InChI=1S/C16H24N2O2/c1-16(2,10-15(19)20)6-9-18-8-5-14(12-18)13-4-3-7-17-11-13/h3-4,7,11,14H,5-6,8-10,12H2,1-2H3,(H,19,20). The lowest BCUT2D eigenvalue weighted by Gasteiger charge is -2.25. The SMILES string of the molecule is CC(C)(CCN1CCC(c2cccnc2)C1)CC(=O)O. The van der Waals surface area contributed by atoms with Gasteiger partial charge in [0.05, 0.1) is 6.42 Å². The smallest absolute Gasteiger partial charge is 0.303 e. The number of hydrogen-bond donors (Lipinski definition) is 1. The number of nitrogens with zero attached hydrogens (tertiary/aromatic N) is 2. The number of carbonyl (C=O) groups is 1. The number of likely N-dealkylation sites (tertiary alicyclic amines) is 1. The quantitative estimate of drug-likeness (QED) is 0.868. The molecular formula is C16H24N2O2. The number of aromatic nitrogens is 1. The van der Waals surface area contributed by atoms with Gasteiger partial charge in [-0.3, -0.25) is 9.78 Å². The highest BCUT2D eigenvalue weighted by Gasteiger charge is 2.27. The fourth-order valence-electron chi connectivity index (χ4n) is 2.88. The summed E-state index contributed by atoms with van der Waals surface area (Å²) in [4.78, 5) is 17.5. The first-order chi connectivity index (χ1) is 9.46. The second kappa shape index (κ2) is 6.35. The lowest BCUT2D eigenvalue weighted by molar-refractivity contribution is -0.139. The monoisotopic (exact) mass is 276 g/mol. The summed E-state index contributed by atoms with van der Waals surface area (Å²) in [7, 11) is 0. The Kier molecular flexibility index (Phi) is 4.76. The van der Waals surface area contributed by atoms with Gasteiger partial charge in [0, 0.05) is 18.9 Å². The Bertz CT molecular complexity index is 445. The zero-order valence-corrected chi connectivity index (χ0v) is 12.4. The Labute approximate surface area is 120 Å². The molecule has 1 aromatic rings. The molecule has 0 saturated carbocycles. The van der Waals surface area contributed by atoms with Gasteiger partial charge in [-0.2, -0.15) is 0 Å². The molecule has 0 radical (unpaired) electrons. The zero-order valence-electron chi connectivity index (χ0n) is 12.4. The minimum absolute atomic E-state index is 0.127. The van der Waals surface area contributed by atoms with Gasteiger partial charge in [0.2, 0.25) is 0 Å². The lowest BCUT2D eigenvalue weighted by Crippen LogP contribution is -2.27. The van der Waals surface area contributed by atoms with Crippen LogP contribution in [0.25, 0.3) is 0 Å². The molecule has 0 spiro atoms. The molecule has 20 heavy (non-hydrogen) atoms. The Morgan fingerprint density at radius 1 is 1.55 bits per heavy atom. The summed E-state index contributed by atoms with van der Waals surface area (Å²) in [5.41, 5.74) is 1.19. The Balaban J connectivity index is 1.81. The van der Waals surface area contributed by atoms with Gasteiger partial charge in [-0.05, 0) is 48.9 Å². The van der Waals surface area contributed by atoms with Gasteiger partial charge < -0.3 is 10.0 Å². The Hall–Kier alpha value is -1.42. The molecule has 110 valence electrons. The van der Waals surface area contributed by atoms with Crippen molar-refractivity contribution in [2.24, 2.45) is 5.41 Å². The predicted octanol–water partition coefficient (Wildman–Crippen LogP) is 2.76. The molecule has 0 aliphatic carbocycles. The van der Waals surface area contributed by atoms with Crippen molar-refractivity contribution in [2.75, 3.05) is 19.6 Å². The van der Waals surface area contributed by atoms with Gasteiger partial charge in [-0.25, -0.2) is 0 Å². The number of hydrogen-bond acceptors (Lipinski definition) is 3. The third-order valence-electron chi connectivity index (χ3n) is 4.16. The van der Waals surface area contributed by atoms with E-state index in [9.17, 15) is 4.79 Å². The minimum atomic E-state index is -0.704. The van der Waals surface area contributed by atoms with Crippen LogP contribution in [0.5, 0.6) is 0 Å². The summed E-state index contributed by atoms with van der Waals surface area (Å²) in [6.07, 6.45) is 6.12. The maximum Gasteiger partial charge on any atom is 0.303 e. The lowest BCUT2D eigenvalue weighted by atomic mass is 9.85. The maximum absolute atomic E-state index is 10.8. The van der Waals surface area contributed by atoms with E-state index < -0.39 is 5.97 Å². The van der Waals surface area contributed by atoms with Crippen molar-refractivity contribution in [1.82, 2.24) is 9.88 Å². The van der Waals surface area contributed by atoms with Crippen molar-refractivity contribution in [3.63, 3.8) is 0 Å². The van der Waals surface area contributed by atoms with Crippen molar-refractivity contribution >= 4 is 5.97 Å². The molecule has 1 N–H and O–H groups in total. The number of pyridine rings is 1. The van der Waals surface area contributed by atoms with E-state index in [1.807, 2.05) is 32.3 Å². The van der Waals surface area contributed by atoms with Crippen LogP contribution in [0.3, 0.4) is 0 Å². The van der Waals surface area contributed by atoms with E-state index in [1.165, 1.54) is 12.0 Å². The fraction of sp³-hybridized carbons (Fsp3) is 0.625. The topological polar surface area (TPSA) is 53.4 Å². The van der Waals surface area contributed by atoms with Gasteiger partial charge in [-0.1, -0.05) is 19.9 Å². The van der Waals surface area contributed by atoms with E-state index in [0.717, 1.165) is 26.1 Å². The predicted molar refractivity (Wildman–Crippen MR) is 78.7 cm³/mol. The van der Waals surface area contributed by atoms with Gasteiger partial charge in [-0.15, -0.1) is 0 Å². The first-order valence-corrected chi connectivity index (χ1v) is 7.30. The van der Waals surface area contributed by atoms with Gasteiger partial charge in [0.1, 0.15) is 0 Å². The van der Waals surface area contributed by atoms with Crippen LogP contribution in [-0.2, 0) is 4.79 Å². The molecule has 1 aliphatic heterocycles. The molecule has 1 atom stereocenters. The summed E-state index contributed by atoms with van der Waals surface area (Å²) in [5, 5.41) is 8.91. The molecule has 1 aromatic heterocycles. The fourth-order valence-corrected chi connectivity index (χ4v) is 2.88. The number of rotatable bonds is 6. The first kappa shape index (κ1) is 15.0. The molecule has 1 aliphatic rings. The van der Waals surface area contributed by atoms with Crippen LogP contribution in [0.4, 0.5) is 0 Å². The molecule has 0 amide bonds. The van der Waals surface area contributed by atoms with E-state index in [0.29, 0.717) is 5.92 Å². The number of carboxylic acid groups (broad SMARTS) is 1. The van der Waals surface area contributed by atoms with Crippen LogP contribution >= 0.6 is 0 Å². The van der Waals surface area contributed by atoms with Crippen molar-refractivity contribution in [3.05, 3.63) is 30.1 Å². The van der Waals surface area contributed by atoms with Gasteiger partial charge in [0.25, 0.3) is 0 Å². The second-order valence-electron chi connectivity index (χ2n) is 6.56.